The van der Waals surface area contributed by atoms with E-state index in [0.29, 0.717) is 23.0 Å². The molecule has 0 saturated heterocycles. The molecule has 0 aliphatic carbocycles. The van der Waals surface area contributed by atoms with Gasteiger partial charge in [-0.2, -0.15) is 0 Å². The Balaban J connectivity index is 2.37. The molecule has 5 nitrogen and oxygen atoms in total. The highest BCUT2D eigenvalue weighted by molar-refractivity contribution is 5.45. The van der Waals surface area contributed by atoms with Gasteiger partial charge in [-0.15, -0.1) is 13.2 Å². The van der Waals surface area contributed by atoms with Crippen LogP contribution in [0.5, 0.6) is 23.0 Å². The lowest BCUT2D eigenvalue weighted by molar-refractivity contribution is 0.352. The zero-order valence-corrected chi connectivity index (χ0v) is 17.7. The van der Waals surface area contributed by atoms with Crippen molar-refractivity contribution in [3.8, 4) is 23.0 Å². The van der Waals surface area contributed by atoms with Gasteiger partial charge in [0.05, 0.1) is 28.4 Å². The highest BCUT2D eigenvalue weighted by atomic mass is 16.5. The van der Waals surface area contributed by atoms with E-state index in [4.69, 9.17) is 18.9 Å². The third-order valence-electron chi connectivity index (χ3n) is 4.83. The number of benzene rings is 2. The fourth-order valence-corrected chi connectivity index (χ4v) is 3.32. The molecule has 2 aromatic carbocycles. The largest absolute Gasteiger partial charge is 0.493 e. The molecule has 0 aromatic heterocycles. The van der Waals surface area contributed by atoms with Crippen molar-refractivity contribution in [3.63, 3.8) is 0 Å². The number of ether oxygens (including phenoxy) is 4. The molecule has 0 saturated carbocycles. The van der Waals surface area contributed by atoms with Gasteiger partial charge in [-0.1, -0.05) is 24.3 Å². The van der Waals surface area contributed by atoms with Crippen molar-refractivity contribution in [2.24, 2.45) is 0 Å². The zero-order valence-electron chi connectivity index (χ0n) is 17.7. The third-order valence-corrected chi connectivity index (χ3v) is 4.83. The van der Waals surface area contributed by atoms with Crippen LogP contribution in [0.15, 0.2) is 61.7 Å². The summed E-state index contributed by atoms with van der Waals surface area (Å²) in [6.45, 7) is 7.85. The Morgan fingerprint density at radius 2 is 1.07 bits per heavy atom. The Bertz CT molecular complexity index is 751. The minimum atomic E-state index is 0.0466. The Morgan fingerprint density at radius 1 is 0.690 bits per heavy atom. The minimum absolute atomic E-state index is 0.0466. The Labute approximate surface area is 173 Å². The van der Waals surface area contributed by atoms with E-state index in [1.54, 1.807) is 28.4 Å². The SMILES string of the molecule is C=CCC(NC(CC=C)c1ccc(OC)c(OC)c1)c1ccc(OC)c(OC)c1. The van der Waals surface area contributed by atoms with E-state index < -0.39 is 0 Å². The maximum atomic E-state index is 5.47. The van der Waals surface area contributed by atoms with Crippen LogP contribution in [0.1, 0.15) is 36.1 Å². The fourth-order valence-electron chi connectivity index (χ4n) is 3.32. The summed E-state index contributed by atoms with van der Waals surface area (Å²) < 4.78 is 21.7. The van der Waals surface area contributed by atoms with Crippen molar-refractivity contribution in [2.45, 2.75) is 24.9 Å². The molecule has 2 rings (SSSR count). The molecule has 0 aliphatic rings. The van der Waals surface area contributed by atoms with E-state index in [2.05, 4.69) is 18.5 Å². The second kappa shape index (κ2) is 11.2. The van der Waals surface area contributed by atoms with Crippen LogP contribution < -0.4 is 24.3 Å². The monoisotopic (exact) mass is 397 g/mol. The van der Waals surface area contributed by atoms with Gasteiger partial charge in [0.1, 0.15) is 0 Å². The van der Waals surface area contributed by atoms with Crippen LogP contribution in [0.4, 0.5) is 0 Å². The standard InChI is InChI=1S/C24H31NO4/c1-7-9-19(17-11-13-21(26-3)23(15-17)28-5)25-20(10-8-2)18-12-14-22(27-4)24(16-18)29-6/h7-8,11-16,19-20,25H,1-2,9-10H2,3-6H3. The van der Waals surface area contributed by atoms with Crippen LogP contribution in [0.2, 0.25) is 0 Å². The van der Waals surface area contributed by atoms with Gasteiger partial charge in [0.2, 0.25) is 0 Å². The highest BCUT2D eigenvalue weighted by Gasteiger charge is 2.20. The Hall–Kier alpha value is -2.92. The number of hydrogen-bond acceptors (Lipinski definition) is 5. The van der Waals surface area contributed by atoms with E-state index in [-0.39, 0.29) is 12.1 Å². The Kier molecular flexibility index (Phi) is 8.62. The molecule has 5 heteroatoms. The van der Waals surface area contributed by atoms with Crippen LogP contribution in [0.3, 0.4) is 0 Å². The van der Waals surface area contributed by atoms with E-state index in [1.807, 2.05) is 48.6 Å². The zero-order chi connectivity index (χ0) is 21.2. The van der Waals surface area contributed by atoms with Crippen molar-refractivity contribution >= 4 is 0 Å². The third kappa shape index (κ3) is 5.55. The van der Waals surface area contributed by atoms with Crippen LogP contribution in [-0.4, -0.2) is 28.4 Å². The maximum absolute atomic E-state index is 5.47. The van der Waals surface area contributed by atoms with Crippen molar-refractivity contribution in [1.82, 2.24) is 5.32 Å². The quantitative estimate of drug-likeness (QED) is 0.496. The van der Waals surface area contributed by atoms with Gasteiger partial charge in [-0.25, -0.2) is 0 Å². The lowest BCUT2D eigenvalue weighted by atomic mass is 9.97. The van der Waals surface area contributed by atoms with Crippen molar-refractivity contribution in [1.29, 1.82) is 0 Å². The summed E-state index contributed by atoms with van der Waals surface area (Å²) >= 11 is 0. The molecule has 0 bridgehead atoms. The molecule has 0 fully saturated rings. The first-order valence-corrected chi connectivity index (χ1v) is 9.53. The van der Waals surface area contributed by atoms with E-state index in [9.17, 15) is 0 Å². The number of nitrogens with one attached hydrogen (secondary N) is 1. The van der Waals surface area contributed by atoms with Crippen molar-refractivity contribution in [2.75, 3.05) is 28.4 Å². The van der Waals surface area contributed by atoms with Crippen LogP contribution in [0.25, 0.3) is 0 Å². The van der Waals surface area contributed by atoms with Crippen LogP contribution in [0, 0.1) is 0 Å². The van der Waals surface area contributed by atoms with Crippen molar-refractivity contribution in [3.05, 3.63) is 72.8 Å². The first-order chi connectivity index (χ1) is 14.1. The molecule has 2 atom stereocenters. The number of rotatable bonds is 12. The normalized spacial score (nSPS) is 12.6. The average Bonchev–Trinajstić information content (AvgIpc) is 2.77. The lowest BCUT2D eigenvalue weighted by Crippen LogP contribution is -2.26. The van der Waals surface area contributed by atoms with Crippen molar-refractivity contribution < 1.29 is 18.9 Å². The van der Waals surface area contributed by atoms with Crippen LogP contribution >= 0.6 is 0 Å². The molecule has 0 aliphatic heterocycles. The maximum Gasteiger partial charge on any atom is 0.161 e. The second-order valence-electron chi connectivity index (χ2n) is 6.55. The fraction of sp³-hybridized carbons (Fsp3) is 0.333. The summed E-state index contributed by atoms with van der Waals surface area (Å²) in [5.41, 5.74) is 2.19. The van der Waals surface area contributed by atoms with Gasteiger partial charge < -0.3 is 24.3 Å². The molecule has 1 N–H and O–H groups in total. The molecule has 2 unspecified atom stereocenters. The number of hydrogen-bond donors (Lipinski definition) is 1. The molecule has 0 radical (unpaired) electrons. The van der Waals surface area contributed by atoms with Gasteiger partial charge in [0.25, 0.3) is 0 Å². The molecule has 0 amide bonds. The molecule has 0 spiro atoms. The van der Waals surface area contributed by atoms with Gasteiger partial charge in [0, 0.05) is 12.1 Å². The minimum Gasteiger partial charge on any atom is -0.493 e. The first-order valence-electron chi connectivity index (χ1n) is 9.53. The second-order valence-corrected chi connectivity index (χ2v) is 6.55. The summed E-state index contributed by atoms with van der Waals surface area (Å²) in [6, 6.07) is 12.0. The molecule has 0 heterocycles. The average molecular weight is 398 g/mol. The summed E-state index contributed by atoms with van der Waals surface area (Å²) in [4.78, 5) is 0. The molecular weight excluding hydrogens is 366 g/mol. The highest BCUT2D eigenvalue weighted by Crippen LogP contribution is 2.35. The predicted octanol–water partition coefficient (Wildman–Crippen LogP) is 5.25. The molecule has 2 aromatic rings. The lowest BCUT2D eigenvalue weighted by Gasteiger charge is -2.26. The molecule has 29 heavy (non-hydrogen) atoms. The summed E-state index contributed by atoms with van der Waals surface area (Å²) in [5, 5.41) is 3.73. The first kappa shape index (κ1) is 22.4. The summed E-state index contributed by atoms with van der Waals surface area (Å²) in [7, 11) is 6.55. The van der Waals surface area contributed by atoms with E-state index >= 15 is 0 Å². The van der Waals surface area contributed by atoms with E-state index in [1.165, 1.54) is 0 Å². The van der Waals surface area contributed by atoms with Crippen LogP contribution in [-0.2, 0) is 0 Å². The Morgan fingerprint density at radius 3 is 1.38 bits per heavy atom. The summed E-state index contributed by atoms with van der Waals surface area (Å²) in [5.74, 6) is 2.81. The van der Waals surface area contributed by atoms with Gasteiger partial charge in [-0.05, 0) is 48.2 Å². The smallest absolute Gasteiger partial charge is 0.161 e. The number of methoxy groups -OCH3 is 4. The van der Waals surface area contributed by atoms with E-state index in [0.717, 1.165) is 24.0 Å². The molecule has 156 valence electrons. The van der Waals surface area contributed by atoms with Gasteiger partial charge >= 0.3 is 0 Å². The predicted molar refractivity (Wildman–Crippen MR) is 117 cm³/mol. The molecular formula is C24H31NO4. The van der Waals surface area contributed by atoms with Gasteiger partial charge in [0.15, 0.2) is 23.0 Å². The summed E-state index contributed by atoms with van der Waals surface area (Å²) in [6.07, 6.45) is 5.34. The topological polar surface area (TPSA) is 49.0 Å². The van der Waals surface area contributed by atoms with Gasteiger partial charge in [-0.3, -0.25) is 0 Å².